The van der Waals surface area contributed by atoms with E-state index >= 15 is 0 Å². The van der Waals surface area contributed by atoms with Crippen molar-refractivity contribution in [2.24, 2.45) is 0 Å². The lowest BCUT2D eigenvalue weighted by atomic mass is 10.1. The Morgan fingerprint density at radius 3 is 2.64 bits per heavy atom. The molecule has 0 amide bonds. The molecule has 1 rings (SSSR count). The molecule has 11 heavy (non-hydrogen) atoms. The molecule has 0 unspecified atom stereocenters. The fourth-order valence-corrected chi connectivity index (χ4v) is 1.84. The third kappa shape index (κ3) is 1.86. The molecular formula is C9H12IN. The fraction of sp³-hybridized carbons (Fsp3) is 0.333. The van der Waals surface area contributed by atoms with Crippen LogP contribution in [0.5, 0.6) is 0 Å². The molecule has 0 heterocycles. The number of rotatable bonds is 1. The zero-order valence-corrected chi connectivity index (χ0v) is 8.97. The van der Waals surface area contributed by atoms with Gasteiger partial charge in [-0.05, 0) is 59.2 Å². The van der Waals surface area contributed by atoms with Crippen LogP contribution in [0.25, 0.3) is 0 Å². The number of aryl methyl sites for hydroxylation is 1. The van der Waals surface area contributed by atoms with Gasteiger partial charge in [-0.1, -0.05) is 6.92 Å². The van der Waals surface area contributed by atoms with Crippen LogP contribution in [-0.2, 0) is 6.42 Å². The van der Waals surface area contributed by atoms with Gasteiger partial charge in [-0.2, -0.15) is 0 Å². The van der Waals surface area contributed by atoms with Crippen LogP contribution < -0.4 is 5.73 Å². The number of nitrogens with two attached hydrogens (primary N) is 1. The molecular weight excluding hydrogens is 249 g/mol. The summed E-state index contributed by atoms with van der Waals surface area (Å²) in [5.41, 5.74) is 9.29. The topological polar surface area (TPSA) is 26.0 Å². The highest BCUT2D eigenvalue weighted by Crippen LogP contribution is 2.20. The second-order valence-electron chi connectivity index (χ2n) is 2.63. The van der Waals surface area contributed by atoms with E-state index in [0.29, 0.717) is 0 Å². The minimum atomic E-state index is 0.911. The van der Waals surface area contributed by atoms with Gasteiger partial charge in [-0.25, -0.2) is 0 Å². The Bertz CT molecular complexity index is 269. The van der Waals surface area contributed by atoms with Crippen LogP contribution in [0.3, 0.4) is 0 Å². The second-order valence-corrected chi connectivity index (χ2v) is 3.88. The molecule has 1 aromatic carbocycles. The standard InChI is InChI=1S/C9H12IN/c1-3-7-4-8(10)5-9(11)6(7)2/h4-5H,3,11H2,1-2H3. The first kappa shape index (κ1) is 8.84. The van der Waals surface area contributed by atoms with Gasteiger partial charge >= 0.3 is 0 Å². The molecule has 0 atom stereocenters. The monoisotopic (exact) mass is 261 g/mol. The van der Waals surface area contributed by atoms with Crippen LogP contribution in [0, 0.1) is 10.5 Å². The van der Waals surface area contributed by atoms with Crippen molar-refractivity contribution >= 4 is 28.3 Å². The zero-order valence-electron chi connectivity index (χ0n) is 6.82. The minimum absolute atomic E-state index is 0.911. The van der Waals surface area contributed by atoms with Gasteiger partial charge in [0.15, 0.2) is 0 Å². The molecule has 1 nitrogen and oxygen atoms in total. The SMILES string of the molecule is CCc1cc(I)cc(N)c1C. The van der Waals surface area contributed by atoms with Crippen molar-refractivity contribution in [3.05, 3.63) is 26.8 Å². The average molecular weight is 261 g/mol. The molecule has 0 aliphatic rings. The Kier molecular flexibility index (Phi) is 2.76. The van der Waals surface area contributed by atoms with Crippen LogP contribution in [0.4, 0.5) is 5.69 Å². The van der Waals surface area contributed by atoms with Crippen LogP contribution in [0.2, 0.25) is 0 Å². The van der Waals surface area contributed by atoms with Crippen LogP contribution in [-0.4, -0.2) is 0 Å². The number of hydrogen-bond donors (Lipinski definition) is 1. The predicted molar refractivity (Wildman–Crippen MR) is 57.7 cm³/mol. The summed E-state index contributed by atoms with van der Waals surface area (Å²) < 4.78 is 1.22. The van der Waals surface area contributed by atoms with E-state index in [9.17, 15) is 0 Å². The largest absolute Gasteiger partial charge is 0.398 e. The van der Waals surface area contributed by atoms with Gasteiger partial charge in [-0.3, -0.25) is 0 Å². The van der Waals surface area contributed by atoms with Gasteiger partial charge in [0, 0.05) is 9.26 Å². The maximum absolute atomic E-state index is 5.79. The summed E-state index contributed by atoms with van der Waals surface area (Å²) in [5.74, 6) is 0. The normalized spacial score (nSPS) is 10.1. The summed E-state index contributed by atoms with van der Waals surface area (Å²) in [6.45, 7) is 4.22. The molecule has 0 saturated heterocycles. The lowest BCUT2D eigenvalue weighted by Gasteiger charge is -2.06. The summed E-state index contributed by atoms with van der Waals surface area (Å²) in [5, 5.41) is 0. The number of hydrogen-bond acceptors (Lipinski definition) is 1. The number of nitrogen functional groups attached to an aromatic ring is 1. The zero-order chi connectivity index (χ0) is 8.43. The molecule has 0 aliphatic carbocycles. The summed E-state index contributed by atoms with van der Waals surface area (Å²) in [6.07, 6.45) is 1.06. The molecule has 2 N–H and O–H groups in total. The van der Waals surface area contributed by atoms with Crippen LogP contribution in [0.1, 0.15) is 18.1 Å². The van der Waals surface area contributed by atoms with Gasteiger partial charge in [-0.15, -0.1) is 0 Å². The molecule has 0 bridgehead atoms. The molecule has 2 heteroatoms. The highest BCUT2D eigenvalue weighted by atomic mass is 127. The number of anilines is 1. The Morgan fingerprint density at radius 2 is 2.09 bits per heavy atom. The molecule has 1 aromatic rings. The van der Waals surface area contributed by atoms with E-state index in [1.807, 2.05) is 6.07 Å². The quantitative estimate of drug-likeness (QED) is 0.610. The molecule has 0 aliphatic heterocycles. The van der Waals surface area contributed by atoms with Gasteiger partial charge < -0.3 is 5.73 Å². The summed E-state index contributed by atoms with van der Waals surface area (Å²) in [7, 11) is 0. The highest BCUT2D eigenvalue weighted by Gasteiger charge is 2.00. The molecule has 0 spiro atoms. The fourth-order valence-electron chi connectivity index (χ4n) is 1.13. The smallest absolute Gasteiger partial charge is 0.0357 e. The van der Waals surface area contributed by atoms with E-state index in [-0.39, 0.29) is 0 Å². The highest BCUT2D eigenvalue weighted by molar-refractivity contribution is 14.1. The maximum Gasteiger partial charge on any atom is 0.0357 e. The lowest BCUT2D eigenvalue weighted by molar-refractivity contribution is 1.11. The van der Waals surface area contributed by atoms with Gasteiger partial charge in [0.25, 0.3) is 0 Å². The maximum atomic E-state index is 5.79. The Morgan fingerprint density at radius 1 is 1.45 bits per heavy atom. The van der Waals surface area contributed by atoms with Crippen molar-refractivity contribution < 1.29 is 0 Å². The first-order chi connectivity index (χ1) is 5.15. The Balaban J connectivity index is 3.24. The third-order valence-corrected chi connectivity index (χ3v) is 2.52. The van der Waals surface area contributed by atoms with E-state index < -0.39 is 0 Å². The van der Waals surface area contributed by atoms with Gasteiger partial charge in [0.2, 0.25) is 0 Å². The molecule has 60 valence electrons. The molecule has 0 radical (unpaired) electrons. The van der Waals surface area contributed by atoms with E-state index in [0.717, 1.165) is 12.1 Å². The van der Waals surface area contributed by atoms with E-state index in [1.54, 1.807) is 0 Å². The van der Waals surface area contributed by atoms with Gasteiger partial charge in [0.1, 0.15) is 0 Å². The average Bonchev–Trinajstić information content (AvgIpc) is 1.96. The summed E-state index contributed by atoms with van der Waals surface area (Å²) in [4.78, 5) is 0. The number of benzene rings is 1. The van der Waals surface area contributed by atoms with Crippen molar-refractivity contribution in [1.29, 1.82) is 0 Å². The molecule has 0 fully saturated rings. The second kappa shape index (κ2) is 3.43. The van der Waals surface area contributed by atoms with Crippen LogP contribution >= 0.6 is 22.6 Å². The lowest BCUT2D eigenvalue weighted by Crippen LogP contribution is -1.95. The summed E-state index contributed by atoms with van der Waals surface area (Å²) in [6, 6.07) is 4.20. The van der Waals surface area contributed by atoms with Crippen molar-refractivity contribution in [2.45, 2.75) is 20.3 Å². The van der Waals surface area contributed by atoms with Gasteiger partial charge in [0.05, 0.1) is 0 Å². The first-order valence-corrected chi connectivity index (χ1v) is 4.77. The summed E-state index contributed by atoms with van der Waals surface area (Å²) >= 11 is 2.29. The first-order valence-electron chi connectivity index (χ1n) is 3.69. The van der Waals surface area contributed by atoms with E-state index in [1.165, 1.54) is 14.7 Å². The van der Waals surface area contributed by atoms with Crippen LogP contribution in [0.15, 0.2) is 12.1 Å². The van der Waals surface area contributed by atoms with E-state index in [4.69, 9.17) is 5.73 Å². The third-order valence-electron chi connectivity index (χ3n) is 1.90. The number of halogens is 1. The Labute approximate surface area is 81.1 Å². The van der Waals surface area contributed by atoms with Crippen molar-refractivity contribution in [3.63, 3.8) is 0 Å². The Hall–Kier alpha value is -0.250. The predicted octanol–water partition coefficient (Wildman–Crippen LogP) is 2.74. The minimum Gasteiger partial charge on any atom is -0.398 e. The molecule has 0 aromatic heterocycles. The van der Waals surface area contributed by atoms with Crippen molar-refractivity contribution in [1.82, 2.24) is 0 Å². The van der Waals surface area contributed by atoms with Crippen molar-refractivity contribution in [2.75, 3.05) is 5.73 Å². The molecule has 0 saturated carbocycles. The van der Waals surface area contributed by atoms with E-state index in [2.05, 4.69) is 42.5 Å². The van der Waals surface area contributed by atoms with Crippen molar-refractivity contribution in [3.8, 4) is 0 Å².